The SMILES string of the molecule is Cc1ccc(/C=C2\NC(=O)N(Cc3ccc(Cl)cc3)C2=O)cc1. The first-order valence-electron chi connectivity index (χ1n) is 7.18. The van der Waals surface area contributed by atoms with Gasteiger partial charge in [-0.2, -0.15) is 0 Å². The number of urea groups is 1. The minimum Gasteiger partial charge on any atom is -0.303 e. The Morgan fingerprint density at radius 2 is 1.70 bits per heavy atom. The van der Waals surface area contributed by atoms with Gasteiger partial charge in [0.25, 0.3) is 5.91 Å². The van der Waals surface area contributed by atoms with Gasteiger partial charge < -0.3 is 5.32 Å². The first kappa shape index (κ1) is 15.3. The molecular weight excluding hydrogens is 312 g/mol. The molecule has 1 aliphatic rings. The molecule has 0 spiro atoms. The van der Waals surface area contributed by atoms with E-state index in [2.05, 4.69) is 5.32 Å². The highest BCUT2D eigenvalue weighted by molar-refractivity contribution is 6.30. The number of halogens is 1. The lowest BCUT2D eigenvalue weighted by Gasteiger charge is -2.11. The van der Waals surface area contributed by atoms with Crippen LogP contribution in [0.5, 0.6) is 0 Å². The third kappa shape index (κ3) is 3.43. The highest BCUT2D eigenvalue weighted by atomic mass is 35.5. The molecule has 1 saturated heterocycles. The third-order valence-electron chi connectivity index (χ3n) is 3.60. The molecular formula is C18H15ClN2O2. The second-order valence-electron chi connectivity index (χ2n) is 5.42. The number of benzene rings is 2. The fourth-order valence-corrected chi connectivity index (χ4v) is 2.44. The van der Waals surface area contributed by atoms with Crippen LogP contribution in [-0.4, -0.2) is 16.8 Å². The van der Waals surface area contributed by atoms with E-state index in [1.54, 1.807) is 30.3 Å². The number of imide groups is 1. The second kappa shape index (κ2) is 6.26. The van der Waals surface area contributed by atoms with Gasteiger partial charge in [-0.3, -0.25) is 9.69 Å². The summed E-state index contributed by atoms with van der Waals surface area (Å²) in [6.07, 6.45) is 1.68. The molecule has 3 rings (SSSR count). The molecule has 0 radical (unpaired) electrons. The Balaban J connectivity index is 1.79. The number of aryl methyl sites for hydroxylation is 1. The lowest BCUT2D eigenvalue weighted by molar-refractivity contribution is -0.123. The molecule has 23 heavy (non-hydrogen) atoms. The Hall–Kier alpha value is -2.59. The van der Waals surface area contributed by atoms with Gasteiger partial charge in [0.2, 0.25) is 0 Å². The van der Waals surface area contributed by atoms with E-state index in [-0.39, 0.29) is 18.1 Å². The van der Waals surface area contributed by atoms with Crippen LogP contribution in [0.3, 0.4) is 0 Å². The van der Waals surface area contributed by atoms with Crippen LogP contribution in [0, 0.1) is 6.92 Å². The normalized spacial score (nSPS) is 16.1. The van der Waals surface area contributed by atoms with Crippen molar-refractivity contribution in [1.82, 2.24) is 10.2 Å². The summed E-state index contributed by atoms with van der Waals surface area (Å²) in [4.78, 5) is 25.6. The third-order valence-corrected chi connectivity index (χ3v) is 3.86. The lowest BCUT2D eigenvalue weighted by Crippen LogP contribution is -2.30. The summed E-state index contributed by atoms with van der Waals surface area (Å²) >= 11 is 5.84. The molecule has 0 aliphatic carbocycles. The molecule has 4 nitrogen and oxygen atoms in total. The topological polar surface area (TPSA) is 49.4 Å². The molecule has 0 aromatic heterocycles. The van der Waals surface area contributed by atoms with E-state index >= 15 is 0 Å². The number of rotatable bonds is 3. The predicted molar refractivity (Wildman–Crippen MR) is 89.7 cm³/mol. The fraction of sp³-hybridized carbons (Fsp3) is 0.111. The molecule has 2 aromatic rings. The van der Waals surface area contributed by atoms with Gasteiger partial charge in [0.15, 0.2) is 0 Å². The average molecular weight is 327 g/mol. The van der Waals surface area contributed by atoms with Crippen LogP contribution in [0.1, 0.15) is 16.7 Å². The summed E-state index contributed by atoms with van der Waals surface area (Å²) in [5.41, 5.74) is 3.13. The van der Waals surface area contributed by atoms with Crippen LogP contribution in [0.2, 0.25) is 5.02 Å². The molecule has 1 aliphatic heterocycles. The summed E-state index contributed by atoms with van der Waals surface area (Å²) in [6.45, 7) is 2.21. The first-order valence-corrected chi connectivity index (χ1v) is 7.56. The Kier molecular flexibility index (Phi) is 4.17. The van der Waals surface area contributed by atoms with Gasteiger partial charge in [-0.1, -0.05) is 53.6 Å². The number of hydrogen-bond donors (Lipinski definition) is 1. The fourth-order valence-electron chi connectivity index (χ4n) is 2.32. The predicted octanol–water partition coefficient (Wildman–Crippen LogP) is 3.74. The maximum absolute atomic E-state index is 12.4. The van der Waals surface area contributed by atoms with Gasteiger partial charge in [0.1, 0.15) is 5.70 Å². The van der Waals surface area contributed by atoms with E-state index in [0.717, 1.165) is 16.7 Å². The van der Waals surface area contributed by atoms with Crippen molar-refractivity contribution in [3.8, 4) is 0 Å². The minimum absolute atomic E-state index is 0.215. The van der Waals surface area contributed by atoms with E-state index < -0.39 is 6.03 Å². The van der Waals surface area contributed by atoms with Crippen molar-refractivity contribution >= 4 is 29.6 Å². The summed E-state index contributed by atoms with van der Waals surface area (Å²) in [5.74, 6) is -0.328. The minimum atomic E-state index is -0.414. The molecule has 1 heterocycles. The van der Waals surface area contributed by atoms with Crippen LogP contribution in [0.25, 0.3) is 6.08 Å². The van der Waals surface area contributed by atoms with Gasteiger partial charge in [-0.05, 0) is 36.3 Å². The van der Waals surface area contributed by atoms with Gasteiger partial charge in [-0.15, -0.1) is 0 Å². The molecule has 3 amide bonds. The van der Waals surface area contributed by atoms with Crippen molar-refractivity contribution in [2.75, 3.05) is 0 Å². The Bertz CT molecular complexity index is 780. The van der Waals surface area contributed by atoms with Crippen molar-refractivity contribution in [3.05, 3.63) is 75.9 Å². The highest BCUT2D eigenvalue weighted by Gasteiger charge is 2.33. The Morgan fingerprint density at radius 3 is 2.35 bits per heavy atom. The van der Waals surface area contributed by atoms with Crippen molar-refractivity contribution in [3.63, 3.8) is 0 Å². The number of nitrogens with zero attached hydrogens (tertiary/aromatic N) is 1. The van der Waals surface area contributed by atoms with Crippen LogP contribution in [0.15, 0.2) is 54.2 Å². The summed E-state index contributed by atoms with van der Waals surface area (Å²) in [6, 6.07) is 14.4. The Morgan fingerprint density at radius 1 is 1.04 bits per heavy atom. The van der Waals surface area contributed by atoms with E-state index in [4.69, 9.17) is 11.6 Å². The van der Waals surface area contributed by atoms with Crippen LogP contribution >= 0.6 is 11.6 Å². The molecule has 0 saturated carbocycles. The van der Waals surface area contributed by atoms with Crippen molar-refractivity contribution in [1.29, 1.82) is 0 Å². The number of hydrogen-bond acceptors (Lipinski definition) is 2. The zero-order valence-electron chi connectivity index (χ0n) is 12.5. The van der Waals surface area contributed by atoms with E-state index in [0.29, 0.717) is 5.02 Å². The highest BCUT2D eigenvalue weighted by Crippen LogP contribution is 2.18. The smallest absolute Gasteiger partial charge is 0.303 e. The monoisotopic (exact) mass is 326 g/mol. The molecule has 0 bridgehead atoms. The number of nitrogens with one attached hydrogen (secondary N) is 1. The maximum atomic E-state index is 12.4. The molecule has 116 valence electrons. The zero-order valence-corrected chi connectivity index (χ0v) is 13.3. The molecule has 2 aromatic carbocycles. The van der Waals surface area contributed by atoms with E-state index in [1.807, 2.05) is 31.2 Å². The number of carbonyl (C=O) groups excluding carboxylic acids is 2. The molecule has 1 fully saturated rings. The number of carbonyl (C=O) groups is 2. The maximum Gasteiger partial charge on any atom is 0.329 e. The van der Waals surface area contributed by atoms with Gasteiger partial charge in [-0.25, -0.2) is 4.79 Å². The summed E-state index contributed by atoms with van der Waals surface area (Å²) in [7, 11) is 0. The number of amides is 3. The first-order chi connectivity index (χ1) is 11.0. The van der Waals surface area contributed by atoms with Crippen LogP contribution < -0.4 is 5.32 Å². The Labute approximate surface area is 139 Å². The quantitative estimate of drug-likeness (QED) is 0.690. The van der Waals surface area contributed by atoms with E-state index in [1.165, 1.54) is 4.90 Å². The largest absolute Gasteiger partial charge is 0.329 e. The molecule has 0 atom stereocenters. The molecule has 1 N–H and O–H groups in total. The van der Waals surface area contributed by atoms with Gasteiger partial charge >= 0.3 is 6.03 Å². The summed E-state index contributed by atoms with van der Waals surface area (Å²) < 4.78 is 0. The second-order valence-corrected chi connectivity index (χ2v) is 5.85. The van der Waals surface area contributed by atoms with Crippen molar-refractivity contribution in [2.45, 2.75) is 13.5 Å². The summed E-state index contributed by atoms with van der Waals surface area (Å²) in [5, 5.41) is 3.24. The van der Waals surface area contributed by atoms with Crippen LogP contribution in [0.4, 0.5) is 4.79 Å². The average Bonchev–Trinajstić information content (AvgIpc) is 2.79. The molecule has 5 heteroatoms. The van der Waals surface area contributed by atoms with Crippen molar-refractivity contribution in [2.24, 2.45) is 0 Å². The lowest BCUT2D eigenvalue weighted by atomic mass is 10.1. The van der Waals surface area contributed by atoms with Crippen LogP contribution in [-0.2, 0) is 11.3 Å². The molecule has 0 unspecified atom stereocenters. The van der Waals surface area contributed by atoms with Gasteiger partial charge in [0, 0.05) is 5.02 Å². The van der Waals surface area contributed by atoms with Crippen molar-refractivity contribution < 1.29 is 9.59 Å². The zero-order chi connectivity index (χ0) is 16.4. The standard InChI is InChI=1S/C18H15ClN2O2/c1-12-2-4-13(5-3-12)10-16-17(22)21(18(23)20-16)11-14-6-8-15(19)9-7-14/h2-10H,11H2,1H3,(H,20,23)/b16-10-. The van der Waals surface area contributed by atoms with Gasteiger partial charge in [0.05, 0.1) is 6.54 Å². The van der Waals surface area contributed by atoms with E-state index in [9.17, 15) is 9.59 Å².